The standard InChI is InChI=1S/C19H23NO2/c1-3-18(16-8-6-5-7-9-16)20-19(21)14-15-10-12-17(13-11-15)22-4-2/h5-13,18H,3-4,14H2,1-2H3,(H,20,21). The first kappa shape index (κ1) is 16.1. The van der Waals surface area contributed by atoms with Gasteiger partial charge in [0.25, 0.3) is 0 Å². The molecule has 1 unspecified atom stereocenters. The molecule has 1 amide bonds. The molecule has 1 atom stereocenters. The maximum atomic E-state index is 12.2. The van der Waals surface area contributed by atoms with Crippen LogP contribution in [-0.2, 0) is 11.2 Å². The number of nitrogens with one attached hydrogen (secondary N) is 1. The number of benzene rings is 2. The third-order valence-corrected chi connectivity index (χ3v) is 3.54. The van der Waals surface area contributed by atoms with Crippen LogP contribution in [0.5, 0.6) is 5.75 Å². The molecule has 0 radical (unpaired) electrons. The molecule has 0 bridgehead atoms. The van der Waals surface area contributed by atoms with Crippen LogP contribution in [-0.4, -0.2) is 12.5 Å². The van der Waals surface area contributed by atoms with Crippen LogP contribution in [0.15, 0.2) is 54.6 Å². The molecule has 0 aliphatic heterocycles. The van der Waals surface area contributed by atoms with Gasteiger partial charge in [0.2, 0.25) is 5.91 Å². The van der Waals surface area contributed by atoms with Crippen LogP contribution in [0.25, 0.3) is 0 Å². The second kappa shape index (κ2) is 8.23. The highest BCUT2D eigenvalue weighted by Gasteiger charge is 2.12. The van der Waals surface area contributed by atoms with Crippen molar-refractivity contribution in [2.45, 2.75) is 32.7 Å². The molecule has 0 heterocycles. The molecule has 2 rings (SSSR count). The smallest absolute Gasteiger partial charge is 0.224 e. The molecule has 0 aliphatic carbocycles. The highest BCUT2D eigenvalue weighted by Crippen LogP contribution is 2.17. The Hall–Kier alpha value is -2.29. The van der Waals surface area contributed by atoms with Gasteiger partial charge in [0.15, 0.2) is 0 Å². The van der Waals surface area contributed by atoms with Gasteiger partial charge in [0, 0.05) is 0 Å². The normalized spacial score (nSPS) is 11.7. The third kappa shape index (κ3) is 4.62. The minimum Gasteiger partial charge on any atom is -0.494 e. The maximum absolute atomic E-state index is 12.2. The second-order valence-corrected chi connectivity index (χ2v) is 5.19. The summed E-state index contributed by atoms with van der Waals surface area (Å²) in [5, 5.41) is 3.10. The fourth-order valence-corrected chi connectivity index (χ4v) is 2.41. The average molecular weight is 297 g/mol. The number of hydrogen-bond donors (Lipinski definition) is 1. The highest BCUT2D eigenvalue weighted by atomic mass is 16.5. The van der Waals surface area contributed by atoms with E-state index < -0.39 is 0 Å². The largest absolute Gasteiger partial charge is 0.494 e. The van der Waals surface area contributed by atoms with Gasteiger partial charge in [-0.25, -0.2) is 0 Å². The molecule has 2 aromatic rings. The summed E-state index contributed by atoms with van der Waals surface area (Å²) in [7, 11) is 0. The van der Waals surface area contributed by atoms with Gasteiger partial charge in [-0.1, -0.05) is 49.4 Å². The fourth-order valence-electron chi connectivity index (χ4n) is 2.41. The molecule has 3 heteroatoms. The van der Waals surface area contributed by atoms with Crippen LogP contribution in [0.2, 0.25) is 0 Å². The number of hydrogen-bond acceptors (Lipinski definition) is 2. The third-order valence-electron chi connectivity index (χ3n) is 3.54. The van der Waals surface area contributed by atoms with E-state index in [4.69, 9.17) is 4.74 Å². The molecule has 0 aliphatic rings. The van der Waals surface area contributed by atoms with Crippen LogP contribution in [0.3, 0.4) is 0 Å². The van der Waals surface area contributed by atoms with Gasteiger partial charge >= 0.3 is 0 Å². The van der Waals surface area contributed by atoms with Gasteiger partial charge in [-0.3, -0.25) is 4.79 Å². The highest BCUT2D eigenvalue weighted by molar-refractivity contribution is 5.79. The lowest BCUT2D eigenvalue weighted by atomic mass is 10.0. The summed E-state index contributed by atoms with van der Waals surface area (Å²) < 4.78 is 5.41. The van der Waals surface area contributed by atoms with Gasteiger partial charge in [0.05, 0.1) is 19.1 Å². The molecule has 3 nitrogen and oxygen atoms in total. The summed E-state index contributed by atoms with van der Waals surface area (Å²) in [5.41, 5.74) is 2.13. The summed E-state index contributed by atoms with van der Waals surface area (Å²) in [4.78, 5) is 12.2. The van der Waals surface area contributed by atoms with Crippen LogP contribution in [0.4, 0.5) is 0 Å². The first-order valence-electron chi connectivity index (χ1n) is 7.79. The Kier molecular flexibility index (Phi) is 6.01. The summed E-state index contributed by atoms with van der Waals surface area (Å²) in [6.45, 7) is 4.68. The van der Waals surface area contributed by atoms with E-state index >= 15 is 0 Å². The lowest BCUT2D eigenvalue weighted by molar-refractivity contribution is -0.121. The Bertz CT molecular complexity index is 578. The molecule has 2 aromatic carbocycles. The molecule has 0 fully saturated rings. The van der Waals surface area contributed by atoms with E-state index in [9.17, 15) is 4.79 Å². The van der Waals surface area contributed by atoms with Crippen molar-refractivity contribution in [3.05, 3.63) is 65.7 Å². The fraction of sp³-hybridized carbons (Fsp3) is 0.316. The van der Waals surface area contributed by atoms with E-state index in [0.717, 1.165) is 23.3 Å². The second-order valence-electron chi connectivity index (χ2n) is 5.19. The molecular weight excluding hydrogens is 274 g/mol. The van der Waals surface area contributed by atoms with Gasteiger partial charge in [0.1, 0.15) is 5.75 Å². The van der Waals surface area contributed by atoms with Gasteiger partial charge in [-0.15, -0.1) is 0 Å². The Morgan fingerprint density at radius 3 is 2.32 bits per heavy atom. The lowest BCUT2D eigenvalue weighted by Gasteiger charge is -2.17. The number of carbonyl (C=O) groups excluding carboxylic acids is 1. The molecule has 0 spiro atoms. The van der Waals surface area contributed by atoms with Gasteiger partial charge in [-0.05, 0) is 36.6 Å². The van der Waals surface area contributed by atoms with E-state index in [0.29, 0.717) is 13.0 Å². The zero-order valence-electron chi connectivity index (χ0n) is 13.2. The molecule has 0 saturated carbocycles. The van der Waals surface area contributed by atoms with E-state index in [2.05, 4.69) is 12.2 Å². The minimum absolute atomic E-state index is 0.0415. The van der Waals surface area contributed by atoms with E-state index in [-0.39, 0.29) is 11.9 Å². The average Bonchev–Trinajstić information content (AvgIpc) is 2.55. The topological polar surface area (TPSA) is 38.3 Å². The van der Waals surface area contributed by atoms with Crippen molar-refractivity contribution in [2.24, 2.45) is 0 Å². The summed E-state index contributed by atoms with van der Waals surface area (Å²) in [6, 6.07) is 17.8. The van der Waals surface area contributed by atoms with Gasteiger partial charge in [-0.2, -0.15) is 0 Å². The van der Waals surface area contributed by atoms with E-state index in [1.807, 2.05) is 61.5 Å². The van der Waals surface area contributed by atoms with Crippen LogP contribution in [0.1, 0.15) is 37.4 Å². The Morgan fingerprint density at radius 2 is 1.73 bits per heavy atom. The zero-order valence-corrected chi connectivity index (χ0v) is 13.2. The van der Waals surface area contributed by atoms with Crippen molar-refractivity contribution in [3.8, 4) is 5.75 Å². The molecule has 1 N–H and O–H groups in total. The molecule has 0 aromatic heterocycles. The first-order valence-corrected chi connectivity index (χ1v) is 7.79. The van der Waals surface area contributed by atoms with Crippen LogP contribution < -0.4 is 10.1 Å². The van der Waals surface area contributed by atoms with Crippen LogP contribution in [0, 0.1) is 0 Å². The van der Waals surface area contributed by atoms with Crippen molar-refractivity contribution in [3.63, 3.8) is 0 Å². The SMILES string of the molecule is CCOc1ccc(CC(=O)NC(CC)c2ccccc2)cc1. The summed E-state index contributed by atoms with van der Waals surface area (Å²) in [5.74, 6) is 0.877. The Balaban J connectivity index is 1.94. The quantitative estimate of drug-likeness (QED) is 0.842. The summed E-state index contributed by atoms with van der Waals surface area (Å²) in [6.07, 6.45) is 1.26. The number of carbonyl (C=O) groups is 1. The molecule has 0 saturated heterocycles. The number of ether oxygens (including phenoxy) is 1. The maximum Gasteiger partial charge on any atom is 0.224 e. The van der Waals surface area contributed by atoms with Crippen molar-refractivity contribution < 1.29 is 9.53 Å². The molecular formula is C19H23NO2. The minimum atomic E-state index is 0.0415. The molecule has 22 heavy (non-hydrogen) atoms. The predicted molar refractivity (Wildman–Crippen MR) is 88.9 cm³/mol. The lowest BCUT2D eigenvalue weighted by Crippen LogP contribution is -2.29. The zero-order chi connectivity index (χ0) is 15.8. The first-order chi connectivity index (χ1) is 10.7. The Morgan fingerprint density at radius 1 is 1.05 bits per heavy atom. The van der Waals surface area contributed by atoms with E-state index in [1.165, 1.54) is 0 Å². The number of amides is 1. The van der Waals surface area contributed by atoms with Crippen molar-refractivity contribution in [2.75, 3.05) is 6.61 Å². The van der Waals surface area contributed by atoms with E-state index in [1.54, 1.807) is 0 Å². The van der Waals surface area contributed by atoms with Crippen molar-refractivity contribution in [1.82, 2.24) is 5.32 Å². The molecule has 116 valence electrons. The Labute approximate surface area is 132 Å². The predicted octanol–water partition coefficient (Wildman–Crippen LogP) is 3.90. The number of rotatable bonds is 7. The summed E-state index contributed by atoms with van der Waals surface area (Å²) >= 11 is 0. The van der Waals surface area contributed by atoms with Gasteiger partial charge < -0.3 is 10.1 Å². The van der Waals surface area contributed by atoms with Crippen molar-refractivity contribution >= 4 is 5.91 Å². The van der Waals surface area contributed by atoms with Crippen LogP contribution >= 0.6 is 0 Å². The van der Waals surface area contributed by atoms with Crippen molar-refractivity contribution in [1.29, 1.82) is 0 Å². The monoisotopic (exact) mass is 297 g/mol.